The highest BCUT2D eigenvalue weighted by Gasteiger charge is 2.33. The van der Waals surface area contributed by atoms with Gasteiger partial charge in [0.1, 0.15) is 0 Å². The maximum absolute atomic E-state index is 11.4. The standard InChI is InChI=1S/C25H52O/c1-5-9-12-14-16-19-22-24(21-18-11-7-3)25(26,8-4)23-20-17-15-13-10-6-2/h24,26H,5-23H2,1-4H3. The van der Waals surface area contributed by atoms with E-state index in [1.807, 2.05) is 0 Å². The minimum atomic E-state index is -0.401. The molecule has 0 radical (unpaired) electrons. The van der Waals surface area contributed by atoms with Gasteiger partial charge >= 0.3 is 0 Å². The fraction of sp³-hybridized carbons (Fsp3) is 1.00. The lowest BCUT2D eigenvalue weighted by Gasteiger charge is -2.36. The molecular weight excluding hydrogens is 316 g/mol. The summed E-state index contributed by atoms with van der Waals surface area (Å²) >= 11 is 0. The molecule has 0 amide bonds. The summed E-state index contributed by atoms with van der Waals surface area (Å²) in [6.07, 6.45) is 24.5. The Morgan fingerprint density at radius 2 is 0.923 bits per heavy atom. The molecule has 158 valence electrons. The van der Waals surface area contributed by atoms with Gasteiger partial charge in [-0.1, -0.05) is 124 Å². The molecule has 0 aromatic heterocycles. The van der Waals surface area contributed by atoms with Gasteiger partial charge in [-0.15, -0.1) is 0 Å². The summed E-state index contributed by atoms with van der Waals surface area (Å²) in [5.41, 5.74) is -0.401. The third-order valence-corrected chi connectivity index (χ3v) is 6.40. The van der Waals surface area contributed by atoms with Crippen LogP contribution >= 0.6 is 0 Å². The third-order valence-electron chi connectivity index (χ3n) is 6.40. The largest absolute Gasteiger partial charge is 0.390 e. The molecule has 0 rings (SSSR count). The first-order chi connectivity index (χ1) is 12.6. The summed E-state index contributed by atoms with van der Waals surface area (Å²) in [7, 11) is 0. The second-order valence-corrected chi connectivity index (χ2v) is 8.72. The van der Waals surface area contributed by atoms with Crippen molar-refractivity contribution in [2.24, 2.45) is 5.92 Å². The normalized spacial score (nSPS) is 15.1. The van der Waals surface area contributed by atoms with Crippen molar-refractivity contribution >= 4 is 0 Å². The van der Waals surface area contributed by atoms with Crippen molar-refractivity contribution < 1.29 is 5.11 Å². The topological polar surface area (TPSA) is 20.2 Å². The SMILES string of the molecule is CCCCCCCCC(CCCCC)C(O)(CC)CCCCCCCC. The highest BCUT2D eigenvalue weighted by molar-refractivity contribution is 4.85. The van der Waals surface area contributed by atoms with E-state index >= 15 is 0 Å². The predicted molar refractivity (Wildman–Crippen MR) is 119 cm³/mol. The van der Waals surface area contributed by atoms with Gasteiger partial charge < -0.3 is 5.11 Å². The maximum Gasteiger partial charge on any atom is 0.0673 e. The number of hydrogen-bond donors (Lipinski definition) is 1. The van der Waals surface area contributed by atoms with Crippen LogP contribution in [0.2, 0.25) is 0 Å². The van der Waals surface area contributed by atoms with E-state index in [2.05, 4.69) is 27.7 Å². The molecular formula is C25H52O. The van der Waals surface area contributed by atoms with Gasteiger partial charge in [0.15, 0.2) is 0 Å². The van der Waals surface area contributed by atoms with Gasteiger partial charge in [0.05, 0.1) is 5.60 Å². The monoisotopic (exact) mass is 368 g/mol. The van der Waals surface area contributed by atoms with E-state index in [9.17, 15) is 5.11 Å². The Hall–Kier alpha value is -0.0400. The molecule has 0 saturated carbocycles. The number of rotatable bonds is 20. The van der Waals surface area contributed by atoms with Crippen LogP contribution in [-0.4, -0.2) is 10.7 Å². The Morgan fingerprint density at radius 1 is 0.538 bits per heavy atom. The minimum absolute atomic E-state index is 0.401. The van der Waals surface area contributed by atoms with Gasteiger partial charge in [0, 0.05) is 0 Å². The lowest BCUT2D eigenvalue weighted by molar-refractivity contribution is -0.0399. The molecule has 26 heavy (non-hydrogen) atoms. The van der Waals surface area contributed by atoms with Crippen LogP contribution in [0.25, 0.3) is 0 Å². The number of hydrogen-bond acceptors (Lipinski definition) is 1. The molecule has 0 spiro atoms. The molecule has 0 aromatic carbocycles. The summed E-state index contributed by atoms with van der Waals surface area (Å²) in [5, 5.41) is 11.4. The lowest BCUT2D eigenvalue weighted by atomic mass is 9.75. The van der Waals surface area contributed by atoms with Crippen molar-refractivity contribution in [2.75, 3.05) is 0 Å². The molecule has 0 heterocycles. The summed E-state index contributed by atoms with van der Waals surface area (Å²) in [6.45, 7) is 9.06. The van der Waals surface area contributed by atoms with Crippen LogP contribution in [0.15, 0.2) is 0 Å². The number of unbranched alkanes of at least 4 members (excludes halogenated alkanes) is 12. The molecule has 0 aliphatic carbocycles. The predicted octanol–water partition coefficient (Wildman–Crippen LogP) is 8.83. The Kier molecular flexibility index (Phi) is 18.3. The van der Waals surface area contributed by atoms with Crippen molar-refractivity contribution in [1.82, 2.24) is 0 Å². The Balaban J connectivity index is 4.36. The van der Waals surface area contributed by atoms with E-state index in [0.717, 1.165) is 12.8 Å². The molecule has 0 aliphatic heterocycles. The quantitative estimate of drug-likeness (QED) is 0.213. The minimum Gasteiger partial charge on any atom is -0.390 e. The number of aliphatic hydroxyl groups is 1. The zero-order valence-corrected chi connectivity index (χ0v) is 19.0. The van der Waals surface area contributed by atoms with Crippen molar-refractivity contribution in [3.63, 3.8) is 0 Å². The highest BCUT2D eigenvalue weighted by Crippen LogP contribution is 2.35. The van der Waals surface area contributed by atoms with Gasteiger partial charge in [-0.25, -0.2) is 0 Å². The molecule has 1 heteroatoms. The average molecular weight is 369 g/mol. The first kappa shape index (κ1) is 26.0. The fourth-order valence-electron chi connectivity index (χ4n) is 4.37. The van der Waals surface area contributed by atoms with Crippen LogP contribution in [0.4, 0.5) is 0 Å². The van der Waals surface area contributed by atoms with Crippen LogP contribution in [0, 0.1) is 5.92 Å². The van der Waals surface area contributed by atoms with Crippen molar-refractivity contribution in [3.8, 4) is 0 Å². The van der Waals surface area contributed by atoms with Crippen LogP contribution in [0.3, 0.4) is 0 Å². The van der Waals surface area contributed by atoms with E-state index in [0.29, 0.717) is 5.92 Å². The zero-order chi connectivity index (χ0) is 19.5. The van der Waals surface area contributed by atoms with Gasteiger partial charge in [-0.2, -0.15) is 0 Å². The van der Waals surface area contributed by atoms with Crippen molar-refractivity contribution in [3.05, 3.63) is 0 Å². The molecule has 1 N–H and O–H groups in total. The van der Waals surface area contributed by atoms with Gasteiger partial charge in [-0.05, 0) is 31.6 Å². The summed E-state index contributed by atoms with van der Waals surface area (Å²) in [5.74, 6) is 0.529. The molecule has 1 nitrogen and oxygen atoms in total. The van der Waals surface area contributed by atoms with E-state index in [1.54, 1.807) is 0 Å². The molecule has 0 fully saturated rings. The summed E-state index contributed by atoms with van der Waals surface area (Å²) in [4.78, 5) is 0. The Labute approximate surface area is 166 Å². The smallest absolute Gasteiger partial charge is 0.0673 e. The Bertz CT molecular complexity index is 275. The molecule has 0 aromatic rings. The summed E-state index contributed by atoms with van der Waals surface area (Å²) in [6, 6.07) is 0. The van der Waals surface area contributed by atoms with E-state index in [4.69, 9.17) is 0 Å². The molecule has 0 saturated heterocycles. The van der Waals surface area contributed by atoms with E-state index in [-0.39, 0.29) is 0 Å². The summed E-state index contributed by atoms with van der Waals surface area (Å²) < 4.78 is 0. The second kappa shape index (κ2) is 18.3. The molecule has 0 bridgehead atoms. The molecule has 2 atom stereocenters. The molecule has 0 aliphatic rings. The van der Waals surface area contributed by atoms with Gasteiger partial charge in [0.25, 0.3) is 0 Å². The molecule has 2 unspecified atom stereocenters. The second-order valence-electron chi connectivity index (χ2n) is 8.72. The van der Waals surface area contributed by atoms with Crippen LogP contribution < -0.4 is 0 Å². The van der Waals surface area contributed by atoms with Gasteiger partial charge in [0.2, 0.25) is 0 Å². The first-order valence-corrected chi connectivity index (χ1v) is 12.4. The first-order valence-electron chi connectivity index (χ1n) is 12.4. The maximum atomic E-state index is 11.4. The van der Waals surface area contributed by atoms with Crippen molar-refractivity contribution in [1.29, 1.82) is 0 Å². The fourth-order valence-corrected chi connectivity index (χ4v) is 4.37. The van der Waals surface area contributed by atoms with Crippen LogP contribution in [0.1, 0.15) is 150 Å². The average Bonchev–Trinajstić information content (AvgIpc) is 2.65. The lowest BCUT2D eigenvalue weighted by Crippen LogP contribution is -2.37. The van der Waals surface area contributed by atoms with Crippen LogP contribution in [-0.2, 0) is 0 Å². The Morgan fingerprint density at radius 3 is 1.42 bits per heavy atom. The zero-order valence-electron chi connectivity index (χ0n) is 19.0. The van der Waals surface area contributed by atoms with E-state index < -0.39 is 5.60 Å². The third kappa shape index (κ3) is 13.2. The van der Waals surface area contributed by atoms with Gasteiger partial charge in [-0.3, -0.25) is 0 Å². The van der Waals surface area contributed by atoms with Crippen LogP contribution in [0.5, 0.6) is 0 Å². The van der Waals surface area contributed by atoms with E-state index in [1.165, 1.54) is 109 Å². The highest BCUT2D eigenvalue weighted by atomic mass is 16.3. The van der Waals surface area contributed by atoms with Crippen molar-refractivity contribution in [2.45, 2.75) is 155 Å².